The molecule has 1 aromatic carbocycles. The van der Waals surface area contributed by atoms with Crippen LogP contribution in [0.15, 0.2) is 29.3 Å². The first kappa shape index (κ1) is 26.6. The van der Waals surface area contributed by atoms with Gasteiger partial charge in [-0.3, -0.25) is 0 Å². The summed E-state index contributed by atoms with van der Waals surface area (Å²) in [6, 6.07) is 8.65. The molecule has 0 radical (unpaired) electrons. The molecule has 1 aliphatic rings. The van der Waals surface area contributed by atoms with Crippen LogP contribution in [0.5, 0.6) is 0 Å². The highest BCUT2D eigenvalue weighted by Gasteiger charge is 2.17. The van der Waals surface area contributed by atoms with Gasteiger partial charge in [-0.25, -0.2) is 4.99 Å². The van der Waals surface area contributed by atoms with E-state index in [0.717, 1.165) is 36.0 Å². The number of nitrogens with zero attached hydrogens (tertiary/aromatic N) is 4. The Morgan fingerprint density at radius 1 is 1.16 bits per heavy atom. The van der Waals surface area contributed by atoms with E-state index in [1.807, 2.05) is 30.7 Å². The van der Waals surface area contributed by atoms with Crippen LogP contribution in [0.25, 0.3) is 0 Å². The Morgan fingerprint density at radius 2 is 1.81 bits per heavy atom. The van der Waals surface area contributed by atoms with Crippen molar-refractivity contribution in [1.29, 1.82) is 0 Å². The van der Waals surface area contributed by atoms with Crippen molar-refractivity contribution in [2.24, 2.45) is 12.0 Å². The first-order valence-corrected chi connectivity index (χ1v) is 11.4. The molecule has 3 N–H and O–H groups in total. The number of nitrogens with one attached hydrogen (secondary N) is 2. The van der Waals surface area contributed by atoms with Crippen LogP contribution in [0.3, 0.4) is 0 Å². The van der Waals surface area contributed by atoms with Gasteiger partial charge in [-0.05, 0) is 36.3 Å². The van der Waals surface area contributed by atoms with Crippen LogP contribution in [0.4, 0.5) is 0 Å². The minimum Gasteiger partial charge on any atom is -0.387 e. The number of hydrogen-bond acceptors (Lipinski definition) is 4. The molecule has 1 unspecified atom stereocenters. The van der Waals surface area contributed by atoms with Gasteiger partial charge >= 0.3 is 0 Å². The Balaban J connectivity index is 0.00000363. The summed E-state index contributed by atoms with van der Waals surface area (Å²) in [5.41, 5.74) is 2.27. The number of halogens is 1. The van der Waals surface area contributed by atoms with Gasteiger partial charge in [0.25, 0.3) is 0 Å². The quantitative estimate of drug-likeness (QED) is 0.284. The van der Waals surface area contributed by atoms with Gasteiger partial charge in [0.15, 0.2) is 11.8 Å². The third kappa shape index (κ3) is 7.43. The second-order valence-corrected chi connectivity index (χ2v) is 9.64. The van der Waals surface area contributed by atoms with Crippen molar-refractivity contribution < 1.29 is 5.11 Å². The zero-order valence-electron chi connectivity index (χ0n) is 20.1. The van der Waals surface area contributed by atoms with Crippen LogP contribution < -0.4 is 10.6 Å². The van der Waals surface area contributed by atoms with Gasteiger partial charge in [-0.2, -0.15) is 0 Å². The molecule has 0 saturated heterocycles. The van der Waals surface area contributed by atoms with E-state index in [1.54, 1.807) is 0 Å². The lowest BCUT2D eigenvalue weighted by atomic mass is 9.86. The molecule has 7 nitrogen and oxygen atoms in total. The molecule has 3 rings (SSSR count). The summed E-state index contributed by atoms with van der Waals surface area (Å²) in [4.78, 5) is 4.73. The fourth-order valence-electron chi connectivity index (χ4n) is 3.85. The van der Waals surface area contributed by atoms with Crippen molar-refractivity contribution in [3.63, 3.8) is 0 Å². The Bertz CT molecular complexity index is 866. The summed E-state index contributed by atoms with van der Waals surface area (Å²) in [6.07, 6.45) is 5.50. The van der Waals surface area contributed by atoms with E-state index in [4.69, 9.17) is 4.99 Å². The summed E-state index contributed by atoms with van der Waals surface area (Å²) < 4.78 is 1.95. The van der Waals surface area contributed by atoms with E-state index in [2.05, 4.69) is 53.7 Å². The zero-order valence-corrected chi connectivity index (χ0v) is 22.4. The predicted octanol–water partition coefficient (Wildman–Crippen LogP) is 4.14. The van der Waals surface area contributed by atoms with Crippen molar-refractivity contribution in [2.45, 2.75) is 83.9 Å². The summed E-state index contributed by atoms with van der Waals surface area (Å²) in [5.74, 6) is 2.41. The van der Waals surface area contributed by atoms with Gasteiger partial charge in [0.2, 0.25) is 0 Å². The van der Waals surface area contributed by atoms with Crippen molar-refractivity contribution in [3.05, 3.63) is 47.0 Å². The van der Waals surface area contributed by atoms with Crippen LogP contribution in [-0.4, -0.2) is 38.4 Å². The lowest BCUT2D eigenvalue weighted by Crippen LogP contribution is -2.45. The third-order valence-electron chi connectivity index (χ3n) is 6.13. The fourth-order valence-corrected chi connectivity index (χ4v) is 3.85. The molecule has 2 aromatic rings. The predicted molar refractivity (Wildman–Crippen MR) is 140 cm³/mol. The molecule has 178 valence electrons. The SMILES string of the molecule is Cc1nnc(CN=C(NCC(O)c2ccc(C(C)(C)C)cc2)NC2CCCCC2)n1C.I. The summed E-state index contributed by atoms with van der Waals surface area (Å²) >= 11 is 0. The summed E-state index contributed by atoms with van der Waals surface area (Å²) in [6.45, 7) is 9.34. The number of aliphatic hydroxyl groups is 1. The minimum atomic E-state index is -0.607. The molecular weight excluding hydrogens is 515 g/mol. The normalized spacial score (nSPS) is 16.4. The van der Waals surface area contributed by atoms with Crippen LogP contribution >= 0.6 is 24.0 Å². The maximum absolute atomic E-state index is 10.7. The first-order chi connectivity index (χ1) is 14.7. The van der Waals surface area contributed by atoms with Gasteiger partial charge in [-0.15, -0.1) is 34.2 Å². The number of aromatic nitrogens is 3. The van der Waals surface area contributed by atoms with Crippen molar-refractivity contribution in [1.82, 2.24) is 25.4 Å². The number of guanidine groups is 1. The zero-order chi connectivity index (χ0) is 22.4. The number of rotatable bonds is 6. The molecule has 1 fully saturated rings. The summed E-state index contributed by atoms with van der Waals surface area (Å²) in [5, 5.41) is 25.9. The number of hydrogen-bond donors (Lipinski definition) is 3. The molecule has 0 spiro atoms. The van der Waals surface area contributed by atoms with Gasteiger partial charge in [-0.1, -0.05) is 64.3 Å². The molecule has 1 saturated carbocycles. The van der Waals surface area contributed by atoms with Gasteiger partial charge < -0.3 is 20.3 Å². The standard InChI is InChI=1S/C24H38N6O.HI/c1-17-28-29-22(30(17)5)16-26-23(27-20-9-7-6-8-10-20)25-15-21(31)18-11-13-19(14-12-18)24(2,3)4;/h11-14,20-21,31H,6-10,15-16H2,1-5H3,(H2,25,26,27);1H. The van der Waals surface area contributed by atoms with Crippen molar-refractivity contribution in [3.8, 4) is 0 Å². The smallest absolute Gasteiger partial charge is 0.192 e. The number of aliphatic hydroxyl groups excluding tert-OH is 1. The van der Waals surface area contributed by atoms with E-state index in [0.29, 0.717) is 19.1 Å². The number of aryl methyl sites for hydroxylation is 1. The molecule has 1 atom stereocenters. The van der Waals surface area contributed by atoms with Gasteiger partial charge in [0.05, 0.1) is 6.10 Å². The molecule has 1 aromatic heterocycles. The highest BCUT2D eigenvalue weighted by atomic mass is 127. The minimum absolute atomic E-state index is 0. The molecule has 0 amide bonds. The topological polar surface area (TPSA) is 87.4 Å². The highest BCUT2D eigenvalue weighted by Crippen LogP contribution is 2.24. The number of benzene rings is 1. The molecule has 32 heavy (non-hydrogen) atoms. The monoisotopic (exact) mass is 554 g/mol. The lowest BCUT2D eigenvalue weighted by Gasteiger charge is -2.26. The maximum atomic E-state index is 10.7. The van der Waals surface area contributed by atoms with E-state index in [9.17, 15) is 5.11 Å². The average molecular weight is 555 g/mol. The van der Waals surface area contributed by atoms with E-state index in [-0.39, 0.29) is 29.4 Å². The van der Waals surface area contributed by atoms with E-state index < -0.39 is 6.10 Å². The summed E-state index contributed by atoms with van der Waals surface area (Å²) in [7, 11) is 1.95. The third-order valence-corrected chi connectivity index (χ3v) is 6.13. The Morgan fingerprint density at radius 3 is 2.38 bits per heavy atom. The Labute approximate surface area is 209 Å². The molecule has 1 heterocycles. The molecule has 1 aliphatic carbocycles. The lowest BCUT2D eigenvalue weighted by molar-refractivity contribution is 0.180. The molecular formula is C24H39IN6O. The fraction of sp³-hybridized carbons (Fsp3) is 0.625. The van der Waals surface area contributed by atoms with Crippen LogP contribution in [0.1, 0.15) is 81.8 Å². The second-order valence-electron chi connectivity index (χ2n) is 9.64. The Hall–Kier alpha value is -1.68. The second kappa shape index (κ2) is 12.0. The molecule has 8 heteroatoms. The average Bonchev–Trinajstić information content (AvgIpc) is 3.07. The van der Waals surface area contributed by atoms with E-state index in [1.165, 1.54) is 24.8 Å². The Kier molecular flexibility index (Phi) is 9.94. The van der Waals surface area contributed by atoms with Crippen LogP contribution in [0.2, 0.25) is 0 Å². The highest BCUT2D eigenvalue weighted by molar-refractivity contribution is 14.0. The molecule has 0 aliphatic heterocycles. The van der Waals surface area contributed by atoms with Crippen molar-refractivity contribution >= 4 is 29.9 Å². The van der Waals surface area contributed by atoms with Crippen LogP contribution in [0, 0.1) is 6.92 Å². The van der Waals surface area contributed by atoms with Crippen LogP contribution in [-0.2, 0) is 19.0 Å². The number of aliphatic imine (C=N–C) groups is 1. The van der Waals surface area contributed by atoms with Gasteiger partial charge in [0.1, 0.15) is 12.4 Å². The molecule has 0 bridgehead atoms. The largest absolute Gasteiger partial charge is 0.387 e. The van der Waals surface area contributed by atoms with E-state index >= 15 is 0 Å². The maximum Gasteiger partial charge on any atom is 0.192 e. The van der Waals surface area contributed by atoms with Gasteiger partial charge in [0, 0.05) is 19.6 Å². The first-order valence-electron chi connectivity index (χ1n) is 11.4. The van der Waals surface area contributed by atoms with Crippen molar-refractivity contribution in [2.75, 3.05) is 6.54 Å².